The zero-order valence-corrected chi connectivity index (χ0v) is 18.7. The number of aryl methyl sites for hydroxylation is 2. The maximum absolute atomic E-state index is 13.2. The highest BCUT2D eigenvalue weighted by Crippen LogP contribution is 2.47. The number of nitrogens with zero attached hydrogens (tertiary/aromatic N) is 4. The molecule has 8 heteroatoms. The van der Waals surface area contributed by atoms with E-state index in [0.717, 1.165) is 42.0 Å². The van der Waals surface area contributed by atoms with Gasteiger partial charge in [0.1, 0.15) is 12.2 Å². The fourth-order valence-electron chi connectivity index (χ4n) is 5.08. The summed E-state index contributed by atoms with van der Waals surface area (Å²) in [5.41, 5.74) is 2.65. The summed E-state index contributed by atoms with van der Waals surface area (Å²) < 4.78 is 1.86. The quantitative estimate of drug-likeness (QED) is 0.646. The van der Waals surface area contributed by atoms with E-state index in [1.54, 1.807) is 0 Å². The predicted octanol–water partition coefficient (Wildman–Crippen LogP) is 3.31. The smallest absolute Gasteiger partial charge is 0.319 e. The maximum Gasteiger partial charge on any atom is 0.319 e. The molecule has 2 aliphatic rings. The highest BCUT2D eigenvalue weighted by Gasteiger charge is 2.50. The van der Waals surface area contributed by atoms with Crippen LogP contribution in [0.2, 0.25) is 0 Å². The summed E-state index contributed by atoms with van der Waals surface area (Å²) in [6.45, 7) is 4.04. The van der Waals surface area contributed by atoms with E-state index in [-0.39, 0.29) is 23.4 Å². The van der Waals surface area contributed by atoms with Crippen LogP contribution in [-0.2, 0) is 17.8 Å². The van der Waals surface area contributed by atoms with E-state index >= 15 is 0 Å². The molecular weight excluding hydrogens is 416 g/mol. The molecule has 0 radical (unpaired) electrons. The number of carbonyl (C=O) groups is 2. The summed E-state index contributed by atoms with van der Waals surface area (Å²) in [5.74, 6) is 0.873. The van der Waals surface area contributed by atoms with Gasteiger partial charge in [-0.2, -0.15) is 5.10 Å². The molecular formula is C25H28N6O2. The van der Waals surface area contributed by atoms with Gasteiger partial charge in [0, 0.05) is 30.7 Å². The lowest BCUT2D eigenvalue weighted by molar-refractivity contribution is -0.130. The third-order valence-corrected chi connectivity index (χ3v) is 6.99. The summed E-state index contributed by atoms with van der Waals surface area (Å²) in [4.78, 5) is 32.5. The van der Waals surface area contributed by atoms with Gasteiger partial charge in [-0.1, -0.05) is 42.5 Å². The Morgan fingerprint density at radius 1 is 1.06 bits per heavy atom. The number of hydrogen-bond acceptors (Lipinski definition) is 4. The lowest BCUT2D eigenvalue weighted by Gasteiger charge is -2.40. The topological polar surface area (TPSA) is 92.2 Å². The minimum absolute atomic E-state index is 0.126. The molecule has 0 saturated carbocycles. The second kappa shape index (κ2) is 8.69. The van der Waals surface area contributed by atoms with Gasteiger partial charge < -0.3 is 15.5 Å². The molecule has 2 aliphatic heterocycles. The van der Waals surface area contributed by atoms with Gasteiger partial charge in [0.05, 0.1) is 12.5 Å². The average molecular weight is 445 g/mol. The lowest BCUT2D eigenvalue weighted by atomic mass is 9.74. The van der Waals surface area contributed by atoms with E-state index < -0.39 is 0 Å². The minimum Gasteiger partial charge on any atom is -0.342 e. The molecule has 0 aliphatic carbocycles. The van der Waals surface area contributed by atoms with Crippen LogP contribution in [0, 0.1) is 12.3 Å². The minimum atomic E-state index is -0.325. The highest BCUT2D eigenvalue weighted by molar-refractivity contribution is 5.89. The molecule has 2 atom stereocenters. The monoisotopic (exact) mass is 444 g/mol. The first-order chi connectivity index (χ1) is 16.0. The molecule has 0 unspecified atom stereocenters. The van der Waals surface area contributed by atoms with E-state index in [0.29, 0.717) is 19.5 Å². The number of urea groups is 1. The summed E-state index contributed by atoms with van der Waals surface area (Å²) in [6.07, 6.45) is 3.57. The molecule has 1 spiro atoms. The van der Waals surface area contributed by atoms with Gasteiger partial charge in [-0.25, -0.2) is 14.5 Å². The summed E-state index contributed by atoms with van der Waals surface area (Å²) in [6, 6.07) is 16.8. The Morgan fingerprint density at radius 3 is 2.64 bits per heavy atom. The van der Waals surface area contributed by atoms with Crippen LogP contribution in [0.25, 0.3) is 0 Å². The van der Waals surface area contributed by atoms with Gasteiger partial charge in [0.15, 0.2) is 0 Å². The third kappa shape index (κ3) is 4.20. The summed E-state index contributed by atoms with van der Waals surface area (Å²) in [7, 11) is 0. The second-order valence-electron chi connectivity index (χ2n) is 9.02. The van der Waals surface area contributed by atoms with Crippen molar-refractivity contribution in [2.24, 2.45) is 5.41 Å². The zero-order valence-electron chi connectivity index (χ0n) is 18.7. The molecule has 3 heterocycles. The first kappa shape index (κ1) is 21.2. The summed E-state index contributed by atoms with van der Waals surface area (Å²) >= 11 is 0. The maximum atomic E-state index is 13.2. The fourth-order valence-corrected chi connectivity index (χ4v) is 5.08. The van der Waals surface area contributed by atoms with E-state index in [1.165, 1.54) is 6.33 Å². The third-order valence-electron chi connectivity index (χ3n) is 6.99. The number of anilines is 1. The molecule has 5 rings (SSSR count). The fraction of sp³-hybridized carbons (Fsp3) is 0.360. The number of carbonyl (C=O) groups excluding carboxylic acids is 2. The molecule has 170 valence electrons. The number of para-hydroxylation sites is 1. The first-order valence-electron chi connectivity index (χ1n) is 11.4. The summed E-state index contributed by atoms with van der Waals surface area (Å²) in [5, 5.41) is 10.4. The van der Waals surface area contributed by atoms with Gasteiger partial charge >= 0.3 is 6.03 Å². The van der Waals surface area contributed by atoms with Crippen molar-refractivity contribution >= 4 is 17.6 Å². The average Bonchev–Trinajstić information content (AvgIpc) is 3.46. The van der Waals surface area contributed by atoms with Gasteiger partial charge in [-0.15, -0.1) is 0 Å². The van der Waals surface area contributed by atoms with Crippen molar-refractivity contribution in [3.05, 3.63) is 77.9 Å². The van der Waals surface area contributed by atoms with Crippen molar-refractivity contribution < 1.29 is 9.59 Å². The van der Waals surface area contributed by atoms with Gasteiger partial charge in [-0.05, 0) is 43.0 Å². The number of fused-ring (bicyclic) bond motifs is 1. The van der Waals surface area contributed by atoms with Crippen molar-refractivity contribution in [1.29, 1.82) is 0 Å². The van der Waals surface area contributed by atoms with Gasteiger partial charge in [0.25, 0.3) is 0 Å². The number of likely N-dealkylation sites (tertiary alicyclic amines) is 1. The van der Waals surface area contributed by atoms with Crippen molar-refractivity contribution in [2.75, 3.05) is 18.4 Å². The number of benzene rings is 2. The second-order valence-corrected chi connectivity index (χ2v) is 9.02. The van der Waals surface area contributed by atoms with E-state index in [9.17, 15) is 9.59 Å². The zero-order chi connectivity index (χ0) is 22.8. The number of amides is 3. The lowest BCUT2D eigenvalue weighted by Crippen LogP contribution is -2.49. The Kier molecular flexibility index (Phi) is 5.58. The van der Waals surface area contributed by atoms with E-state index in [1.807, 2.05) is 71.1 Å². The first-order valence-corrected chi connectivity index (χ1v) is 11.4. The van der Waals surface area contributed by atoms with Crippen molar-refractivity contribution in [2.45, 2.75) is 38.8 Å². The van der Waals surface area contributed by atoms with Crippen LogP contribution in [0.1, 0.15) is 35.8 Å². The Bertz CT molecular complexity index is 1160. The molecule has 8 nitrogen and oxygen atoms in total. The van der Waals surface area contributed by atoms with Crippen LogP contribution < -0.4 is 10.6 Å². The Labute approximate surface area is 193 Å². The van der Waals surface area contributed by atoms with Crippen LogP contribution >= 0.6 is 0 Å². The molecule has 1 fully saturated rings. The number of rotatable bonds is 4. The van der Waals surface area contributed by atoms with E-state index in [4.69, 9.17) is 0 Å². The molecule has 1 aromatic heterocycles. The van der Waals surface area contributed by atoms with Crippen molar-refractivity contribution in [1.82, 2.24) is 25.0 Å². The molecule has 0 bridgehead atoms. The predicted molar refractivity (Wildman–Crippen MR) is 124 cm³/mol. The van der Waals surface area contributed by atoms with Crippen LogP contribution in [-0.4, -0.2) is 44.7 Å². The normalized spacial score (nSPS) is 21.6. The van der Waals surface area contributed by atoms with Crippen molar-refractivity contribution in [3.8, 4) is 0 Å². The molecule has 33 heavy (non-hydrogen) atoms. The Balaban J connectivity index is 1.34. The SMILES string of the molecule is Cc1ccccc1CC(=O)N1CC[C@@]2(CCn3ncnc3[C@H]2NC(=O)Nc2ccccc2)C1. The van der Waals surface area contributed by atoms with E-state index in [2.05, 4.69) is 20.7 Å². The largest absolute Gasteiger partial charge is 0.342 e. The molecule has 1 saturated heterocycles. The molecule has 3 amide bonds. The molecule has 3 aromatic rings. The number of hydrogen-bond donors (Lipinski definition) is 2. The van der Waals surface area contributed by atoms with Gasteiger partial charge in [0.2, 0.25) is 5.91 Å². The van der Waals surface area contributed by atoms with Crippen LogP contribution in [0.3, 0.4) is 0 Å². The molecule has 2 aromatic carbocycles. The standard InChI is InChI=1S/C25H28N6O2/c1-18-7-5-6-8-19(18)15-21(32)30-13-11-25(16-30)12-14-31-23(26-17-27-31)22(25)29-24(33)28-20-9-3-2-4-10-20/h2-10,17,22H,11-16H2,1H3,(H2,28,29,33)/t22-,25-/m1/s1. The Hall–Kier alpha value is -3.68. The molecule has 2 N–H and O–H groups in total. The number of aromatic nitrogens is 3. The Morgan fingerprint density at radius 2 is 1.82 bits per heavy atom. The van der Waals surface area contributed by atoms with Crippen LogP contribution in [0.5, 0.6) is 0 Å². The highest BCUT2D eigenvalue weighted by atomic mass is 16.2. The van der Waals surface area contributed by atoms with Crippen molar-refractivity contribution in [3.63, 3.8) is 0 Å². The van der Waals surface area contributed by atoms with Crippen LogP contribution in [0.15, 0.2) is 60.9 Å². The van der Waals surface area contributed by atoms with Gasteiger partial charge in [-0.3, -0.25) is 4.79 Å². The van der Waals surface area contributed by atoms with Crippen LogP contribution in [0.4, 0.5) is 10.5 Å². The number of nitrogens with one attached hydrogen (secondary N) is 2.